The first kappa shape index (κ1) is 13.9. The first-order valence-electron chi connectivity index (χ1n) is 5.89. The predicted molar refractivity (Wildman–Crippen MR) is 75.5 cm³/mol. The number of rotatable bonds is 1. The van der Waals surface area contributed by atoms with E-state index >= 15 is 0 Å². The quantitative estimate of drug-likeness (QED) is 0.647. The van der Waals surface area contributed by atoms with E-state index in [4.69, 9.17) is 0 Å². The minimum atomic E-state index is -4.35. The normalized spacial score (nSPS) is 11.8. The number of halogens is 4. The Kier molecular flexibility index (Phi) is 3.36. The molecule has 0 atom stereocenters. The zero-order chi connectivity index (χ0) is 15.0. The number of aromatic nitrogens is 3. The smallest absolute Gasteiger partial charge is 0.251 e. The monoisotopic (exact) mass is 353 g/mol. The molecule has 0 spiro atoms. The van der Waals surface area contributed by atoms with E-state index < -0.39 is 11.7 Å². The fourth-order valence-electron chi connectivity index (χ4n) is 1.85. The SMILES string of the molecule is FC(F)(F)c1ccc(-c2cnc3cc(Br)cnc3n2)cc1. The van der Waals surface area contributed by atoms with Crippen molar-refractivity contribution in [1.82, 2.24) is 15.0 Å². The molecule has 0 saturated carbocycles. The summed E-state index contributed by atoms with van der Waals surface area (Å²) in [6.07, 6.45) is -1.24. The van der Waals surface area contributed by atoms with Crippen molar-refractivity contribution >= 4 is 27.1 Å². The van der Waals surface area contributed by atoms with E-state index in [2.05, 4.69) is 30.9 Å². The molecule has 2 heterocycles. The molecule has 3 aromatic rings. The number of hydrogen-bond acceptors (Lipinski definition) is 3. The first-order valence-corrected chi connectivity index (χ1v) is 6.69. The van der Waals surface area contributed by atoms with Crippen molar-refractivity contribution in [2.24, 2.45) is 0 Å². The topological polar surface area (TPSA) is 38.7 Å². The van der Waals surface area contributed by atoms with E-state index in [9.17, 15) is 13.2 Å². The minimum absolute atomic E-state index is 0.440. The largest absolute Gasteiger partial charge is 0.416 e. The van der Waals surface area contributed by atoms with Crippen molar-refractivity contribution in [3.63, 3.8) is 0 Å². The summed E-state index contributed by atoms with van der Waals surface area (Å²) in [5.41, 5.74) is 1.39. The number of pyridine rings is 1. The lowest BCUT2D eigenvalue weighted by molar-refractivity contribution is -0.137. The Morgan fingerprint density at radius 3 is 2.33 bits per heavy atom. The highest BCUT2D eigenvalue weighted by Crippen LogP contribution is 2.30. The second-order valence-corrected chi connectivity index (χ2v) is 5.24. The summed E-state index contributed by atoms with van der Waals surface area (Å²) < 4.78 is 38.4. The molecule has 0 aliphatic heterocycles. The lowest BCUT2D eigenvalue weighted by Gasteiger charge is -2.07. The molecular formula is C14H7BrF3N3. The van der Waals surface area contributed by atoms with E-state index in [0.717, 1.165) is 16.6 Å². The summed E-state index contributed by atoms with van der Waals surface area (Å²) in [4.78, 5) is 12.6. The summed E-state index contributed by atoms with van der Waals surface area (Å²) in [5.74, 6) is 0. The average molecular weight is 354 g/mol. The Labute approximate surface area is 126 Å². The number of hydrogen-bond donors (Lipinski definition) is 0. The summed E-state index contributed by atoms with van der Waals surface area (Å²) in [6.45, 7) is 0. The van der Waals surface area contributed by atoms with E-state index in [1.165, 1.54) is 18.3 Å². The van der Waals surface area contributed by atoms with Crippen LogP contribution in [0.2, 0.25) is 0 Å². The van der Waals surface area contributed by atoms with Gasteiger partial charge in [0.2, 0.25) is 0 Å². The van der Waals surface area contributed by atoms with Crippen LogP contribution < -0.4 is 0 Å². The van der Waals surface area contributed by atoms with Gasteiger partial charge in [0.25, 0.3) is 0 Å². The van der Waals surface area contributed by atoms with Crippen LogP contribution in [0, 0.1) is 0 Å². The molecule has 2 aromatic heterocycles. The average Bonchev–Trinajstić information content (AvgIpc) is 2.46. The van der Waals surface area contributed by atoms with Crippen molar-refractivity contribution in [2.45, 2.75) is 6.18 Å². The number of nitrogens with zero attached hydrogens (tertiary/aromatic N) is 3. The maximum absolute atomic E-state index is 12.5. The third-order valence-corrected chi connectivity index (χ3v) is 3.31. The highest BCUT2D eigenvalue weighted by Gasteiger charge is 2.30. The molecule has 3 nitrogen and oxygen atoms in total. The van der Waals surface area contributed by atoms with Crippen LogP contribution >= 0.6 is 15.9 Å². The molecule has 1 aromatic carbocycles. The van der Waals surface area contributed by atoms with E-state index in [1.54, 1.807) is 12.3 Å². The van der Waals surface area contributed by atoms with E-state index in [1.807, 2.05) is 0 Å². The van der Waals surface area contributed by atoms with Crippen molar-refractivity contribution in [1.29, 1.82) is 0 Å². The van der Waals surface area contributed by atoms with Gasteiger partial charge in [-0.2, -0.15) is 13.2 Å². The van der Waals surface area contributed by atoms with Gasteiger partial charge in [-0.25, -0.2) is 9.97 Å². The summed E-state index contributed by atoms with van der Waals surface area (Å²) in [5, 5.41) is 0. The van der Waals surface area contributed by atoms with Gasteiger partial charge in [0, 0.05) is 16.2 Å². The summed E-state index contributed by atoms with van der Waals surface area (Å²) in [6, 6.07) is 6.56. The Hall–Kier alpha value is -2.02. The van der Waals surface area contributed by atoms with Crippen LogP contribution in [0.3, 0.4) is 0 Å². The maximum Gasteiger partial charge on any atom is 0.416 e. The third kappa shape index (κ3) is 2.87. The zero-order valence-electron chi connectivity index (χ0n) is 10.4. The highest BCUT2D eigenvalue weighted by atomic mass is 79.9. The standard InChI is InChI=1S/C14H7BrF3N3/c15-10-5-11-13(20-6-10)21-12(7-19-11)8-1-3-9(4-2-8)14(16,17)18/h1-7H. The second-order valence-electron chi connectivity index (χ2n) is 4.33. The van der Waals surface area contributed by atoms with Crippen molar-refractivity contribution in [3.8, 4) is 11.3 Å². The van der Waals surface area contributed by atoms with Crippen molar-refractivity contribution in [3.05, 3.63) is 52.8 Å². The van der Waals surface area contributed by atoms with Gasteiger partial charge in [-0.1, -0.05) is 12.1 Å². The molecular weight excluding hydrogens is 347 g/mol. The van der Waals surface area contributed by atoms with Gasteiger partial charge in [0.15, 0.2) is 5.65 Å². The fourth-order valence-corrected chi connectivity index (χ4v) is 2.16. The number of fused-ring (bicyclic) bond motifs is 1. The van der Waals surface area contributed by atoms with Crippen molar-refractivity contribution < 1.29 is 13.2 Å². The lowest BCUT2D eigenvalue weighted by Crippen LogP contribution is -2.04. The molecule has 0 radical (unpaired) electrons. The maximum atomic E-state index is 12.5. The third-order valence-electron chi connectivity index (χ3n) is 2.87. The van der Waals surface area contributed by atoms with E-state index in [-0.39, 0.29) is 0 Å². The molecule has 0 fully saturated rings. The Morgan fingerprint density at radius 2 is 1.67 bits per heavy atom. The Balaban J connectivity index is 2.02. The van der Waals surface area contributed by atoms with E-state index in [0.29, 0.717) is 22.4 Å². The van der Waals surface area contributed by atoms with Gasteiger partial charge in [-0.05, 0) is 34.1 Å². The molecule has 0 amide bonds. The van der Waals surface area contributed by atoms with Crippen LogP contribution in [0.25, 0.3) is 22.4 Å². The fraction of sp³-hybridized carbons (Fsp3) is 0.0714. The van der Waals surface area contributed by atoms with Gasteiger partial charge in [0.1, 0.15) is 5.52 Å². The predicted octanol–water partition coefficient (Wildman–Crippen LogP) is 4.47. The Morgan fingerprint density at radius 1 is 0.952 bits per heavy atom. The number of benzene rings is 1. The number of alkyl halides is 3. The molecule has 0 aliphatic rings. The van der Waals surface area contributed by atoms with Crippen LogP contribution in [0.1, 0.15) is 5.56 Å². The second kappa shape index (κ2) is 5.07. The van der Waals surface area contributed by atoms with Gasteiger partial charge in [-0.15, -0.1) is 0 Å². The lowest BCUT2D eigenvalue weighted by atomic mass is 10.1. The van der Waals surface area contributed by atoms with Gasteiger partial charge < -0.3 is 0 Å². The van der Waals surface area contributed by atoms with Crippen LogP contribution in [-0.2, 0) is 6.18 Å². The van der Waals surface area contributed by atoms with Crippen LogP contribution in [0.15, 0.2) is 47.2 Å². The van der Waals surface area contributed by atoms with Crippen LogP contribution in [0.5, 0.6) is 0 Å². The molecule has 0 unspecified atom stereocenters. The van der Waals surface area contributed by atoms with Gasteiger partial charge in [-0.3, -0.25) is 4.98 Å². The molecule has 0 bridgehead atoms. The van der Waals surface area contributed by atoms with Crippen LogP contribution in [-0.4, -0.2) is 15.0 Å². The molecule has 7 heteroatoms. The highest BCUT2D eigenvalue weighted by molar-refractivity contribution is 9.10. The first-order chi connectivity index (χ1) is 9.93. The molecule has 0 N–H and O–H groups in total. The summed E-state index contributed by atoms with van der Waals surface area (Å²) in [7, 11) is 0. The molecule has 106 valence electrons. The zero-order valence-corrected chi connectivity index (χ0v) is 12.0. The minimum Gasteiger partial charge on any atom is -0.251 e. The molecule has 3 rings (SSSR count). The van der Waals surface area contributed by atoms with Crippen molar-refractivity contribution in [2.75, 3.05) is 0 Å². The van der Waals surface area contributed by atoms with Crippen LogP contribution in [0.4, 0.5) is 13.2 Å². The van der Waals surface area contributed by atoms with Gasteiger partial charge in [0.05, 0.1) is 17.5 Å². The molecule has 0 saturated heterocycles. The van der Waals surface area contributed by atoms with Gasteiger partial charge >= 0.3 is 6.18 Å². The molecule has 0 aliphatic carbocycles. The molecule has 21 heavy (non-hydrogen) atoms. The Bertz CT molecular complexity index is 801. The summed E-state index contributed by atoms with van der Waals surface area (Å²) >= 11 is 3.29.